The third kappa shape index (κ3) is 5.24. The lowest BCUT2D eigenvalue weighted by atomic mass is 10.2. The largest absolute Gasteiger partial charge is 0.462 e. The number of benzene rings is 2. The highest BCUT2D eigenvalue weighted by atomic mass is 79.9. The summed E-state index contributed by atoms with van der Waals surface area (Å²) in [6.45, 7) is 2.07. The van der Waals surface area contributed by atoms with Gasteiger partial charge in [-0.15, -0.1) is 0 Å². The number of hydrogen-bond acceptors (Lipinski definition) is 3. The van der Waals surface area contributed by atoms with Crippen molar-refractivity contribution in [2.24, 2.45) is 0 Å². The summed E-state index contributed by atoms with van der Waals surface area (Å²) >= 11 is 3.43. The fourth-order valence-corrected chi connectivity index (χ4v) is 2.31. The second-order valence-electron chi connectivity index (χ2n) is 4.75. The molecule has 0 spiro atoms. The highest BCUT2D eigenvalue weighted by Gasteiger charge is 2.06. The SMILES string of the molecule is CCOC(=O)c1ccc(NC(=O)N/C=C/c2ccccc2Br)cc1. The number of carbonyl (C=O) groups is 2. The van der Waals surface area contributed by atoms with Gasteiger partial charge in [-0.1, -0.05) is 34.1 Å². The van der Waals surface area contributed by atoms with E-state index in [0.717, 1.165) is 10.0 Å². The zero-order chi connectivity index (χ0) is 17.4. The van der Waals surface area contributed by atoms with Gasteiger partial charge in [0.05, 0.1) is 12.2 Å². The maximum atomic E-state index is 11.8. The number of urea groups is 1. The Balaban J connectivity index is 1.88. The predicted octanol–water partition coefficient (Wildman–Crippen LogP) is 4.42. The fourth-order valence-electron chi connectivity index (χ4n) is 1.89. The summed E-state index contributed by atoms with van der Waals surface area (Å²) in [5.74, 6) is -0.384. The molecule has 0 bridgehead atoms. The van der Waals surface area contributed by atoms with Crippen molar-refractivity contribution in [3.63, 3.8) is 0 Å². The number of anilines is 1. The first kappa shape index (κ1) is 17.7. The highest BCUT2D eigenvalue weighted by Crippen LogP contribution is 2.16. The first-order valence-electron chi connectivity index (χ1n) is 7.36. The number of amides is 2. The molecule has 6 heteroatoms. The minimum absolute atomic E-state index is 0.325. The molecule has 0 fully saturated rings. The van der Waals surface area contributed by atoms with E-state index in [0.29, 0.717) is 17.9 Å². The molecule has 2 aromatic rings. The number of hydrogen-bond donors (Lipinski definition) is 2. The maximum absolute atomic E-state index is 11.8. The molecule has 2 N–H and O–H groups in total. The van der Waals surface area contributed by atoms with Crippen LogP contribution in [0.15, 0.2) is 59.2 Å². The van der Waals surface area contributed by atoms with Crippen molar-refractivity contribution < 1.29 is 14.3 Å². The first-order chi connectivity index (χ1) is 11.6. The lowest BCUT2D eigenvalue weighted by molar-refractivity contribution is 0.0526. The van der Waals surface area contributed by atoms with Gasteiger partial charge in [0.25, 0.3) is 0 Å². The van der Waals surface area contributed by atoms with Crippen molar-refractivity contribution in [1.82, 2.24) is 5.32 Å². The molecule has 2 rings (SSSR count). The summed E-state index contributed by atoms with van der Waals surface area (Å²) < 4.78 is 5.84. The Bertz CT molecular complexity index is 742. The van der Waals surface area contributed by atoms with E-state index in [4.69, 9.17) is 4.74 Å². The maximum Gasteiger partial charge on any atom is 0.338 e. The molecule has 0 aromatic heterocycles. The summed E-state index contributed by atoms with van der Waals surface area (Å²) in [6.07, 6.45) is 3.34. The molecule has 0 aliphatic carbocycles. The molecule has 2 aromatic carbocycles. The van der Waals surface area contributed by atoms with Gasteiger partial charge in [0.1, 0.15) is 0 Å². The molecule has 2 amide bonds. The molecular formula is C18H17BrN2O3. The van der Waals surface area contributed by atoms with Crippen LogP contribution in [0.25, 0.3) is 6.08 Å². The Hall–Kier alpha value is -2.60. The van der Waals surface area contributed by atoms with Crippen LogP contribution in [-0.4, -0.2) is 18.6 Å². The van der Waals surface area contributed by atoms with Crippen molar-refractivity contribution in [2.45, 2.75) is 6.92 Å². The van der Waals surface area contributed by atoms with Gasteiger partial charge in [0.15, 0.2) is 0 Å². The van der Waals surface area contributed by atoms with Gasteiger partial charge in [-0.05, 0) is 48.9 Å². The van der Waals surface area contributed by atoms with Crippen molar-refractivity contribution in [3.05, 3.63) is 70.3 Å². The van der Waals surface area contributed by atoms with Crippen LogP contribution in [0.4, 0.5) is 10.5 Å². The number of ether oxygens (including phenoxy) is 1. The summed E-state index contributed by atoms with van der Waals surface area (Å²) in [4.78, 5) is 23.4. The third-order valence-electron chi connectivity index (χ3n) is 3.04. The number of esters is 1. The molecule has 0 radical (unpaired) electrons. The molecule has 0 aliphatic rings. The molecule has 0 saturated heterocycles. The number of carbonyl (C=O) groups excluding carboxylic acids is 2. The average molecular weight is 389 g/mol. The van der Waals surface area contributed by atoms with Crippen LogP contribution in [0.3, 0.4) is 0 Å². The van der Waals surface area contributed by atoms with Crippen molar-refractivity contribution >= 4 is 39.7 Å². The zero-order valence-corrected chi connectivity index (χ0v) is 14.7. The van der Waals surface area contributed by atoms with Gasteiger partial charge in [-0.2, -0.15) is 0 Å². The predicted molar refractivity (Wildman–Crippen MR) is 97.7 cm³/mol. The summed E-state index contributed by atoms with van der Waals surface area (Å²) in [6, 6.07) is 13.8. The van der Waals surface area contributed by atoms with Crippen LogP contribution < -0.4 is 10.6 Å². The average Bonchev–Trinajstić information content (AvgIpc) is 2.57. The molecule has 124 valence electrons. The minimum Gasteiger partial charge on any atom is -0.462 e. The van der Waals surface area contributed by atoms with Gasteiger partial charge in [-0.25, -0.2) is 9.59 Å². The smallest absolute Gasteiger partial charge is 0.338 e. The van der Waals surface area contributed by atoms with Crippen LogP contribution in [0.2, 0.25) is 0 Å². The quantitative estimate of drug-likeness (QED) is 0.744. The van der Waals surface area contributed by atoms with Crippen molar-refractivity contribution in [2.75, 3.05) is 11.9 Å². The normalized spacial score (nSPS) is 10.4. The third-order valence-corrected chi connectivity index (χ3v) is 3.76. The molecule has 0 atom stereocenters. The second-order valence-corrected chi connectivity index (χ2v) is 5.61. The van der Waals surface area contributed by atoms with E-state index >= 15 is 0 Å². The first-order valence-corrected chi connectivity index (χ1v) is 8.15. The van der Waals surface area contributed by atoms with Gasteiger partial charge in [0.2, 0.25) is 0 Å². The molecule has 0 heterocycles. The Morgan fingerprint density at radius 3 is 2.50 bits per heavy atom. The summed E-state index contributed by atoms with van der Waals surface area (Å²) in [5.41, 5.74) is 1.98. The van der Waals surface area contributed by atoms with Gasteiger partial charge >= 0.3 is 12.0 Å². The monoisotopic (exact) mass is 388 g/mol. The van der Waals surface area contributed by atoms with Crippen molar-refractivity contribution in [1.29, 1.82) is 0 Å². The lowest BCUT2D eigenvalue weighted by Crippen LogP contribution is -2.23. The topological polar surface area (TPSA) is 67.4 Å². The van der Waals surface area contributed by atoms with Gasteiger partial charge in [-0.3, -0.25) is 0 Å². The number of rotatable bonds is 5. The zero-order valence-electron chi connectivity index (χ0n) is 13.1. The van der Waals surface area contributed by atoms with Crippen LogP contribution in [0.5, 0.6) is 0 Å². The van der Waals surface area contributed by atoms with E-state index in [-0.39, 0.29) is 12.0 Å². The standard InChI is InChI=1S/C18H17BrN2O3/c1-2-24-17(22)14-7-9-15(10-8-14)21-18(23)20-12-11-13-5-3-4-6-16(13)19/h3-12H,2H2,1H3,(H2,20,21,23)/b12-11+. The fraction of sp³-hybridized carbons (Fsp3) is 0.111. The molecular weight excluding hydrogens is 372 g/mol. The second kappa shape index (κ2) is 8.88. The summed E-state index contributed by atoms with van der Waals surface area (Å²) in [5, 5.41) is 5.30. The van der Waals surface area contributed by atoms with Gasteiger partial charge in [0, 0.05) is 16.4 Å². The Morgan fingerprint density at radius 1 is 1.12 bits per heavy atom. The van der Waals surface area contributed by atoms with E-state index in [1.165, 1.54) is 0 Å². The highest BCUT2D eigenvalue weighted by molar-refractivity contribution is 9.10. The number of nitrogens with one attached hydrogen (secondary N) is 2. The van der Waals surface area contributed by atoms with Crippen LogP contribution in [-0.2, 0) is 4.74 Å². The molecule has 24 heavy (non-hydrogen) atoms. The lowest BCUT2D eigenvalue weighted by Gasteiger charge is -2.06. The molecule has 0 aliphatic heterocycles. The van der Waals surface area contributed by atoms with Crippen LogP contribution in [0.1, 0.15) is 22.8 Å². The van der Waals surface area contributed by atoms with E-state index in [1.54, 1.807) is 43.5 Å². The molecule has 5 nitrogen and oxygen atoms in total. The summed E-state index contributed by atoms with van der Waals surface area (Å²) in [7, 11) is 0. The van der Waals surface area contributed by atoms with E-state index in [9.17, 15) is 9.59 Å². The number of halogens is 1. The molecule has 0 unspecified atom stereocenters. The van der Waals surface area contributed by atoms with E-state index in [2.05, 4.69) is 26.6 Å². The Morgan fingerprint density at radius 2 is 1.83 bits per heavy atom. The van der Waals surface area contributed by atoms with Crippen molar-refractivity contribution in [3.8, 4) is 0 Å². The van der Waals surface area contributed by atoms with E-state index < -0.39 is 0 Å². The van der Waals surface area contributed by atoms with Crippen LogP contribution >= 0.6 is 15.9 Å². The Labute approximate surface area is 148 Å². The van der Waals surface area contributed by atoms with E-state index in [1.807, 2.05) is 24.3 Å². The minimum atomic E-state index is -0.384. The molecule has 0 saturated carbocycles. The Kier molecular flexibility index (Phi) is 6.57. The van der Waals surface area contributed by atoms with Gasteiger partial charge < -0.3 is 15.4 Å². The van der Waals surface area contributed by atoms with Crippen LogP contribution in [0, 0.1) is 0 Å².